The molecule has 0 saturated carbocycles. The highest BCUT2D eigenvalue weighted by atomic mass is 35.5. The summed E-state index contributed by atoms with van der Waals surface area (Å²) in [6.45, 7) is 0. The molecule has 0 aromatic heterocycles. The number of allylic oxidation sites excluding steroid dienone is 1. The molecule has 0 aliphatic heterocycles. The van der Waals surface area contributed by atoms with E-state index in [1.807, 2.05) is 12.1 Å². The van der Waals surface area contributed by atoms with Gasteiger partial charge in [-0.15, -0.1) is 0 Å². The number of phenolic OH excluding ortho intramolecular Hbond substituents is 1. The minimum Gasteiger partial charge on any atom is -0.504 e. The number of ether oxygens (including phenoxy) is 1. The predicted octanol–water partition coefficient (Wildman–Crippen LogP) is 3.95. The first-order valence-electron chi connectivity index (χ1n) is 5.95. The van der Waals surface area contributed by atoms with Crippen LogP contribution in [0.3, 0.4) is 0 Å². The lowest BCUT2D eigenvalue weighted by atomic mass is 10.1. The SMILES string of the molecule is COc1cc(C(=O)/C=C/c2cccc(Cl)c2)ccc1O. The maximum atomic E-state index is 12.0. The fourth-order valence-corrected chi connectivity index (χ4v) is 1.91. The Balaban J connectivity index is 2.20. The number of hydrogen-bond donors (Lipinski definition) is 1. The molecule has 0 heterocycles. The summed E-state index contributed by atoms with van der Waals surface area (Å²) in [7, 11) is 1.44. The van der Waals surface area contributed by atoms with E-state index in [9.17, 15) is 9.90 Å². The number of aromatic hydroxyl groups is 1. The molecule has 0 radical (unpaired) electrons. The first-order chi connectivity index (χ1) is 9.60. The Hall–Kier alpha value is -2.26. The average molecular weight is 289 g/mol. The van der Waals surface area contributed by atoms with E-state index < -0.39 is 0 Å². The second-order valence-electron chi connectivity index (χ2n) is 4.14. The van der Waals surface area contributed by atoms with Crippen LogP contribution in [0.2, 0.25) is 5.02 Å². The van der Waals surface area contributed by atoms with Crippen LogP contribution in [-0.2, 0) is 0 Å². The van der Waals surface area contributed by atoms with Crippen LogP contribution in [0.15, 0.2) is 48.5 Å². The van der Waals surface area contributed by atoms with E-state index >= 15 is 0 Å². The summed E-state index contributed by atoms with van der Waals surface area (Å²) in [6.07, 6.45) is 3.14. The molecule has 0 fully saturated rings. The fourth-order valence-electron chi connectivity index (χ4n) is 1.71. The molecule has 2 aromatic rings. The number of carbonyl (C=O) groups excluding carboxylic acids is 1. The molecule has 0 saturated heterocycles. The molecular formula is C16H13ClO3. The van der Waals surface area contributed by atoms with Gasteiger partial charge in [0.2, 0.25) is 0 Å². The Morgan fingerprint density at radius 2 is 2.05 bits per heavy atom. The monoisotopic (exact) mass is 288 g/mol. The maximum Gasteiger partial charge on any atom is 0.185 e. The Kier molecular flexibility index (Phi) is 4.43. The third kappa shape index (κ3) is 3.39. The van der Waals surface area contributed by atoms with Crippen molar-refractivity contribution in [1.82, 2.24) is 0 Å². The van der Waals surface area contributed by atoms with Crippen molar-refractivity contribution in [2.75, 3.05) is 7.11 Å². The molecule has 0 aliphatic rings. The van der Waals surface area contributed by atoms with Crippen molar-refractivity contribution in [1.29, 1.82) is 0 Å². The van der Waals surface area contributed by atoms with E-state index in [1.54, 1.807) is 24.3 Å². The number of phenols is 1. The van der Waals surface area contributed by atoms with Crippen molar-refractivity contribution in [3.05, 3.63) is 64.7 Å². The van der Waals surface area contributed by atoms with Gasteiger partial charge in [-0.2, -0.15) is 0 Å². The van der Waals surface area contributed by atoms with Crippen molar-refractivity contribution in [2.24, 2.45) is 0 Å². The van der Waals surface area contributed by atoms with Gasteiger partial charge in [0.05, 0.1) is 7.11 Å². The van der Waals surface area contributed by atoms with Crippen LogP contribution >= 0.6 is 11.6 Å². The van der Waals surface area contributed by atoms with Gasteiger partial charge in [-0.25, -0.2) is 0 Å². The van der Waals surface area contributed by atoms with Crippen LogP contribution in [0.5, 0.6) is 11.5 Å². The number of methoxy groups -OCH3 is 1. The van der Waals surface area contributed by atoms with Gasteiger partial charge in [0.15, 0.2) is 17.3 Å². The summed E-state index contributed by atoms with van der Waals surface area (Å²) in [5.41, 5.74) is 1.29. The number of carbonyl (C=O) groups is 1. The predicted molar refractivity (Wildman–Crippen MR) is 79.5 cm³/mol. The maximum absolute atomic E-state index is 12.0. The lowest BCUT2D eigenvalue weighted by molar-refractivity contribution is 0.104. The largest absolute Gasteiger partial charge is 0.504 e. The summed E-state index contributed by atoms with van der Waals surface area (Å²) >= 11 is 5.87. The highest BCUT2D eigenvalue weighted by Gasteiger charge is 2.07. The molecule has 2 rings (SSSR count). The Morgan fingerprint density at radius 1 is 1.25 bits per heavy atom. The summed E-state index contributed by atoms with van der Waals surface area (Å²) < 4.78 is 4.97. The van der Waals surface area contributed by atoms with Crippen molar-refractivity contribution >= 4 is 23.5 Å². The minimum absolute atomic E-state index is 0.00266. The second-order valence-corrected chi connectivity index (χ2v) is 4.58. The zero-order chi connectivity index (χ0) is 14.5. The van der Waals surface area contributed by atoms with Crippen LogP contribution in [0.4, 0.5) is 0 Å². The third-order valence-corrected chi connectivity index (χ3v) is 2.98. The molecular weight excluding hydrogens is 276 g/mol. The van der Waals surface area contributed by atoms with Crippen LogP contribution in [-0.4, -0.2) is 18.0 Å². The van der Waals surface area contributed by atoms with Crippen molar-refractivity contribution in [2.45, 2.75) is 0 Å². The smallest absolute Gasteiger partial charge is 0.185 e. The molecule has 0 spiro atoms. The van der Waals surface area contributed by atoms with E-state index in [1.165, 1.54) is 25.3 Å². The lowest BCUT2D eigenvalue weighted by Crippen LogP contribution is -1.95. The highest BCUT2D eigenvalue weighted by molar-refractivity contribution is 6.30. The molecule has 0 unspecified atom stereocenters. The first kappa shape index (κ1) is 14.2. The van der Waals surface area contributed by atoms with Gasteiger partial charge in [-0.1, -0.05) is 29.8 Å². The van der Waals surface area contributed by atoms with Crippen LogP contribution in [0, 0.1) is 0 Å². The van der Waals surface area contributed by atoms with E-state index in [0.717, 1.165) is 5.56 Å². The number of benzene rings is 2. The molecule has 0 atom stereocenters. The van der Waals surface area contributed by atoms with Gasteiger partial charge in [-0.05, 0) is 42.0 Å². The van der Waals surface area contributed by atoms with Crippen LogP contribution < -0.4 is 4.74 Å². The van der Waals surface area contributed by atoms with Crippen molar-refractivity contribution < 1.29 is 14.6 Å². The molecule has 3 nitrogen and oxygen atoms in total. The zero-order valence-corrected chi connectivity index (χ0v) is 11.6. The normalized spacial score (nSPS) is 10.7. The molecule has 1 N–H and O–H groups in total. The second kappa shape index (κ2) is 6.26. The number of ketones is 1. The molecule has 4 heteroatoms. The van der Waals surface area contributed by atoms with E-state index in [0.29, 0.717) is 10.6 Å². The van der Waals surface area contributed by atoms with E-state index in [2.05, 4.69) is 0 Å². The molecule has 20 heavy (non-hydrogen) atoms. The van der Waals surface area contributed by atoms with Crippen LogP contribution in [0.25, 0.3) is 6.08 Å². The topological polar surface area (TPSA) is 46.5 Å². The minimum atomic E-state index is -0.178. The van der Waals surface area contributed by atoms with Crippen LogP contribution in [0.1, 0.15) is 15.9 Å². The van der Waals surface area contributed by atoms with Crippen molar-refractivity contribution in [3.8, 4) is 11.5 Å². The van der Waals surface area contributed by atoms with Gasteiger partial charge in [-0.3, -0.25) is 4.79 Å². The lowest BCUT2D eigenvalue weighted by Gasteiger charge is -2.04. The van der Waals surface area contributed by atoms with Gasteiger partial charge < -0.3 is 9.84 Å². The first-order valence-corrected chi connectivity index (χ1v) is 6.33. The number of rotatable bonds is 4. The Morgan fingerprint density at radius 3 is 2.75 bits per heavy atom. The van der Waals surface area contributed by atoms with Gasteiger partial charge in [0, 0.05) is 10.6 Å². The third-order valence-electron chi connectivity index (χ3n) is 2.74. The van der Waals surface area contributed by atoms with E-state index in [-0.39, 0.29) is 17.3 Å². The van der Waals surface area contributed by atoms with E-state index in [4.69, 9.17) is 16.3 Å². The Labute approximate surface area is 122 Å². The molecule has 0 aliphatic carbocycles. The summed E-state index contributed by atoms with van der Waals surface area (Å²) in [4.78, 5) is 12.0. The molecule has 0 bridgehead atoms. The molecule has 0 amide bonds. The van der Waals surface area contributed by atoms with Gasteiger partial charge >= 0.3 is 0 Å². The standard InChI is InChI=1S/C16H13ClO3/c1-20-16-10-12(6-8-15(16)19)14(18)7-5-11-3-2-4-13(17)9-11/h2-10,19H,1H3/b7-5+. The van der Waals surface area contributed by atoms with Gasteiger partial charge in [0.25, 0.3) is 0 Å². The molecule has 2 aromatic carbocycles. The highest BCUT2D eigenvalue weighted by Crippen LogP contribution is 2.26. The van der Waals surface area contributed by atoms with Gasteiger partial charge in [0.1, 0.15) is 0 Å². The summed E-state index contributed by atoms with van der Waals surface area (Å²) in [5, 5.41) is 10.1. The number of halogens is 1. The summed E-state index contributed by atoms with van der Waals surface area (Å²) in [6, 6.07) is 11.7. The quantitative estimate of drug-likeness (QED) is 0.684. The average Bonchev–Trinajstić information content (AvgIpc) is 2.45. The number of hydrogen-bond acceptors (Lipinski definition) is 3. The fraction of sp³-hybridized carbons (Fsp3) is 0.0625. The molecule has 102 valence electrons. The zero-order valence-electron chi connectivity index (χ0n) is 10.8. The van der Waals surface area contributed by atoms with Crippen molar-refractivity contribution in [3.63, 3.8) is 0 Å². The Bertz CT molecular complexity index is 663. The summed E-state index contributed by atoms with van der Waals surface area (Å²) in [5.74, 6) is 0.0955.